The summed E-state index contributed by atoms with van der Waals surface area (Å²) >= 11 is 0. The molecule has 0 nitrogen and oxygen atoms in total. The van der Waals surface area contributed by atoms with Crippen LogP contribution >= 0.6 is 0 Å². The molecule has 0 saturated heterocycles. The van der Waals surface area contributed by atoms with Gasteiger partial charge in [0.1, 0.15) is 0 Å². The van der Waals surface area contributed by atoms with Crippen LogP contribution in [0.1, 0.15) is 33.1 Å². The molecule has 98 valence electrons. The second-order valence-corrected chi connectivity index (χ2v) is 4.03. The summed E-state index contributed by atoms with van der Waals surface area (Å²) in [5, 5.41) is 0. The lowest BCUT2D eigenvalue weighted by molar-refractivity contribution is -0.227. The Kier molecular flexibility index (Phi) is 4.64. The topological polar surface area (TPSA) is 0 Å². The van der Waals surface area contributed by atoms with Crippen LogP contribution in [0.15, 0.2) is 0 Å². The molecule has 2 atom stereocenters. The average Bonchev–Trinajstić information content (AvgIpc) is 1.99. The minimum atomic E-state index is -5.03. The molecule has 0 aromatic heterocycles. The highest BCUT2D eigenvalue weighted by Crippen LogP contribution is 2.38. The van der Waals surface area contributed by atoms with Gasteiger partial charge in [0.05, 0.1) is 5.92 Å². The molecular weight excluding hydrogens is 241 g/mol. The van der Waals surface area contributed by atoms with Crippen LogP contribution in [0.5, 0.6) is 0 Å². The lowest BCUT2D eigenvalue weighted by Crippen LogP contribution is -2.37. The molecule has 0 amide bonds. The normalized spacial score (nSPS) is 19.3. The Morgan fingerprint density at radius 1 is 0.938 bits per heavy atom. The van der Waals surface area contributed by atoms with Gasteiger partial charge >= 0.3 is 12.4 Å². The fraction of sp³-hybridized carbons (Fsp3) is 1.00. The first-order chi connectivity index (χ1) is 6.88. The van der Waals surface area contributed by atoms with E-state index in [0.717, 1.165) is 6.92 Å². The molecule has 16 heavy (non-hydrogen) atoms. The summed E-state index contributed by atoms with van der Waals surface area (Å²) in [6.45, 7) is 1.20. The first kappa shape index (κ1) is 15.5. The summed E-state index contributed by atoms with van der Waals surface area (Å²) in [4.78, 5) is 0. The van der Waals surface area contributed by atoms with Crippen LogP contribution < -0.4 is 0 Å². The van der Waals surface area contributed by atoms with Crippen LogP contribution in [0, 0.1) is 5.92 Å². The zero-order valence-corrected chi connectivity index (χ0v) is 8.84. The van der Waals surface area contributed by atoms with Crippen LogP contribution in [0.2, 0.25) is 0 Å². The Hall–Kier alpha value is -0.490. The Morgan fingerprint density at radius 3 is 1.69 bits per heavy atom. The molecule has 0 aliphatic rings. The van der Waals surface area contributed by atoms with Crippen molar-refractivity contribution < 1.29 is 30.7 Å². The van der Waals surface area contributed by atoms with Crippen LogP contribution in [0.3, 0.4) is 0 Å². The van der Waals surface area contributed by atoms with E-state index in [1.165, 1.54) is 0 Å². The van der Waals surface area contributed by atoms with Crippen LogP contribution in [0.25, 0.3) is 0 Å². The maximum Gasteiger partial charge on any atom is 0.422 e. The van der Waals surface area contributed by atoms with Gasteiger partial charge in [-0.25, -0.2) is 4.39 Å². The molecule has 0 fully saturated rings. The monoisotopic (exact) mass is 254 g/mol. The van der Waals surface area contributed by atoms with Crippen LogP contribution in [-0.4, -0.2) is 18.0 Å². The van der Waals surface area contributed by atoms with Gasteiger partial charge in [-0.1, -0.05) is 6.92 Å². The number of rotatable bonds is 4. The van der Waals surface area contributed by atoms with Crippen molar-refractivity contribution >= 4 is 0 Å². The molecule has 0 heterocycles. The molecule has 0 rings (SSSR count). The molecule has 0 bridgehead atoms. The largest absolute Gasteiger partial charge is 0.422 e. The SMILES string of the molecule is CC(CCCC(C)(F)C(F)(F)F)C(F)(F)F. The van der Waals surface area contributed by atoms with E-state index in [1.54, 1.807) is 0 Å². The highest BCUT2D eigenvalue weighted by atomic mass is 19.4. The quantitative estimate of drug-likeness (QED) is 0.641. The summed E-state index contributed by atoms with van der Waals surface area (Å²) < 4.78 is 84.9. The van der Waals surface area contributed by atoms with Crippen molar-refractivity contribution in [1.29, 1.82) is 0 Å². The van der Waals surface area contributed by atoms with Gasteiger partial charge in [-0.05, 0) is 26.2 Å². The van der Waals surface area contributed by atoms with E-state index in [4.69, 9.17) is 0 Å². The number of alkyl halides is 7. The second kappa shape index (κ2) is 4.79. The van der Waals surface area contributed by atoms with Gasteiger partial charge < -0.3 is 0 Å². The average molecular weight is 254 g/mol. The summed E-state index contributed by atoms with van der Waals surface area (Å²) in [5.74, 6) is -1.71. The van der Waals surface area contributed by atoms with E-state index >= 15 is 0 Å². The van der Waals surface area contributed by atoms with Crippen LogP contribution in [-0.2, 0) is 0 Å². The van der Waals surface area contributed by atoms with Crippen molar-refractivity contribution in [2.45, 2.75) is 51.1 Å². The standard InChI is InChI=1S/C9H13F7/c1-6(8(11,12)13)4-3-5-7(2,10)9(14,15)16/h6H,3-5H2,1-2H3. The summed E-state index contributed by atoms with van der Waals surface area (Å²) in [5.41, 5.74) is -3.42. The first-order valence-corrected chi connectivity index (χ1v) is 4.70. The van der Waals surface area contributed by atoms with Gasteiger partial charge in [-0.2, -0.15) is 26.3 Å². The number of halogens is 7. The number of hydrogen-bond donors (Lipinski definition) is 0. The molecule has 0 N–H and O–H groups in total. The van der Waals surface area contributed by atoms with E-state index in [-0.39, 0.29) is 0 Å². The third-order valence-corrected chi connectivity index (χ3v) is 2.43. The maximum atomic E-state index is 12.9. The molecular formula is C9H13F7. The highest BCUT2D eigenvalue weighted by Gasteiger charge is 2.51. The Labute approximate surface area is 88.8 Å². The van der Waals surface area contributed by atoms with Gasteiger partial charge in [-0.3, -0.25) is 0 Å². The Balaban J connectivity index is 4.10. The lowest BCUT2D eigenvalue weighted by Gasteiger charge is -2.24. The van der Waals surface area contributed by atoms with E-state index in [0.29, 0.717) is 6.92 Å². The van der Waals surface area contributed by atoms with E-state index < -0.39 is 43.2 Å². The van der Waals surface area contributed by atoms with Gasteiger partial charge in [-0.15, -0.1) is 0 Å². The molecule has 0 aliphatic heterocycles. The molecule has 7 heteroatoms. The molecule has 0 radical (unpaired) electrons. The zero-order chi connectivity index (χ0) is 13.2. The van der Waals surface area contributed by atoms with Crippen molar-refractivity contribution in [3.8, 4) is 0 Å². The second-order valence-electron chi connectivity index (χ2n) is 4.03. The molecule has 2 unspecified atom stereocenters. The third kappa shape index (κ3) is 4.57. The van der Waals surface area contributed by atoms with Crippen molar-refractivity contribution in [2.24, 2.45) is 5.92 Å². The van der Waals surface area contributed by atoms with Gasteiger partial charge in [0.15, 0.2) is 0 Å². The number of hydrogen-bond acceptors (Lipinski definition) is 0. The minimum absolute atomic E-state index is 0.339. The van der Waals surface area contributed by atoms with E-state index in [2.05, 4.69) is 0 Å². The van der Waals surface area contributed by atoms with Crippen molar-refractivity contribution in [2.75, 3.05) is 0 Å². The smallest absolute Gasteiger partial charge is 0.234 e. The summed E-state index contributed by atoms with van der Waals surface area (Å²) in [6.07, 6.45) is -11.4. The van der Waals surface area contributed by atoms with Crippen molar-refractivity contribution in [3.05, 3.63) is 0 Å². The third-order valence-electron chi connectivity index (χ3n) is 2.43. The maximum absolute atomic E-state index is 12.9. The van der Waals surface area contributed by atoms with Crippen molar-refractivity contribution in [1.82, 2.24) is 0 Å². The van der Waals surface area contributed by atoms with Crippen LogP contribution in [0.4, 0.5) is 30.7 Å². The molecule has 0 saturated carbocycles. The van der Waals surface area contributed by atoms with Gasteiger partial charge in [0, 0.05) is 0 Å². The van der Waals surface area contributed by atoms with Crippen molar-refractivity contribution in [3.63, 3.8) is 0 Å². The predicted molar refractivity (Wildman–Crippen MR) is 44.6 cm³/mol. The van der Waals surface area contributed by atoms with Gasteiger partial charge in [0.2, 0.25) is 5.67 Å². The highest BCUT2D eigenvalue weighted by molar-refractivity contribution is 4.82. The van der Waals surface area contributed by atoms with Gasteiger partial charge in [0.25, 0.3) is 0 Å². The van der Waals surface area contributed by atoms with E-state index in [1.807, 2.05) is 0 Å². The molecule has 0 spiro atoms. The lowest BCUT2D eigenvalue weighted by atomic mass is 9.96. The fourth-order valence-corrected chi connectivity index (χ4v) is 1.05. The Bertz CT molecular complexity index is 213. The summed E-state index contributed by atoms with van der Waals surface area (Å²) in [6, 6.07) is 0. The Morgan fingerprint density at radius 2 is 1.38 bits per heavy atom. The molecule has 0 aromatic rings. The van der Waals surface area contributed by atoms with E-state index in [9.17, 15) is 30.7 Å². The summed E-state index contributed by atoms with van der Waals surface area (Å²) in [7, 11) is 0. The first-order valence-electron chi connectivity index (χ1n) is 4.70. The molecule has 0 aliphatic carbocycles. The fourth-order valence-electron chi connectivity index (χ4n) is 1.05. The predicted octanol–water partition coefficient (Wildman–Crippen LogP) is 4.65. The zero-order valence-electron chi connectivity index (χ0n) is 8.84. The molecule has 0 aromatic carbocycles. The minimum Gasteiger partial charge on any atom is -0.234 e.